The molecule has 0 heterocycles. The molecule has 0 aromatic heterocycles. The molecule has 0 bridgehead atoms. The fourth-order valence-electron chi connectivity index (χ4n) is 1.33. The number of halogens is 2. The fraction of sp³-hybridized carbons (Fsp3) is 0.417. The first kappa shape index (κ1) is 14.1. The van der Waals surface area contributed by atoms with E-state index in [1.807, 2.05) is 0 Å². The zero-order chi connectivity index (χ0) is 12.8. The van der Waals surface area contributed by atoms with Crippen LogP contribution < -0.4 is 5.32 Å². The van der Waals surface area contributed by atoms with Crippen molar-refractivity contribution >= 4 is 21.8 Å². The van der Waals surface area contributed by atoms with Crippen LogP contribution in [0.3, 0.4) is 0 Å². The molecule has 0 spiro atoms. The maximum atomic E-state index is 13.3. The standard InChI is InChI=1S/C12H15BrFNO2/c1-8-6-10(13)9(7-11(8)14)12(16)15-4-3-5-17-2/h6-7H,3-5H2,1-2H3,(H,15,16). The second kappa shape index (κ2) is 6.71. The molecule has 0 saturated heterocycles. The molecule has 0 aliphatic carbocycles. The number of carbonyl (C=O) groups is 1. The number of carbonyl (C=O) groups excluding carboxylic acids is 1. The summed E-state index contributed by atoms with van der Waals surface area (Å²) in [5, 5.41) is 2.71. The van der Waals surface area contributed by atoms with E-state index in [1.54, 1.807) is 20.1 Å². The summed E-state index contributed by atoms with van der Waals surface area (Å²) in [7, 11) is 1.60. The minimum Gasteiger partial charge on any atom is -0.385 e. The molecule has 1 aromatic rings. The Hall–Kier alpha value is -0.940. The van der Waals surface area contributed by atoms with E-state index in [0.29, 0.717) is 28.8 Å². The molecule has 0 radical (unpaired) electrons. The monoisotopic (exact) mass is 303 g/mol. The summed E-state index contributed by atoms with van der Waals surface area (Å²) in [5.74, 6) is -0.665. The van der Waals surface area contributed by atoms with E-state index >= 15 is 0 Å². The lowest BCUT2D eigenvalue weighted by Crippen LogP contribution is -2.25. The van der Waals surface area contributed by atoms with E-state index in [4.69, 9.17) is 4.74 Å². The first-order valence-electron chi connectivity index (χ1n) is 5.29. The van der Waals surface area contributed by atoms with Gasteiger partial charge in [0.25, 0.3) is 5.91 Å². The third-order valence-electron chi connectivity index (χ3n) is 2.30. The molecule has 94 valence electrons. The zero-order valence-electron chi connectivity index (χ0n) is 9.85. The lowest BCUT2D eigenvalue weighted by Gasteiger charge is -2.08. The molecule has 0 aliphatic rings. The number of methoxy groups -OCH3 is 1. The second-order valence-electron chi connectivity index (χ2n) is 3.68. The number of rotatable bonds is 5. The molecule has 1 aromatic carbocycles. The second-order valence-corrected chi connectivity index (χ2v) is 4.54. The van der Waals surface area contributed by atoms with Gasteiger partial charge in [0, 0.05) is 24.7 Å². The number of hydrogen-bond donors (Lipinski definition) is 1. The van der Waals surface area contributed by atoms with E-state index in [1.165, 1.54) is 6.07 Å². The van der Waals surface area contributed by atoms with E-state index in [-0.39, 0.29) is 11.7 Å². The van der Waals surface area contributed by atoms with Crippen molar-refractivity contribution in [1.29, 1.82) is 0 Å². The van der Waals surface area contributed by atoms with Gasteiger partial charge >= 0.3 is 0 Å². The van der Waals surface area contributed by atoms with Crippen molar-refractivity contribution in [1.82, 2.24) is 5.32 Å². The topological polar surface area (TPSA) is 38.3 Å². The van der Waals surface area contributed by atoms with Crippen LogP contribution in [0, 0.1) is 12.7 Å². The average Bonchev–Trinajstić information content (AvgIpc) is 2.29. The highest BCUT2D eigenvalue weighted by atomic mass is 79.9. The normalized spacial score (nSPS) is 10.4. The van der Waals surface area contributed by atoms with Crippen LogP contribution in [-0.4, -0.2) is 26.2 Å². The van der Waals surface area contributed by atoms with Crippen LogP contribution in [0.5, 0.6) is 0 Å². The van der Waals surface area contributed by atoms with Crippen LogP contribution in [-0.2, 0) is 4.74 Å². The highest BCUT2D eigenvalue weighted by molar-refractivity contribution is 9.10. The Morgan fingerprint density at radius 1 is 1.53 bits per heavy atom. The fourth-order valence-corrected chi connectivity index (χ4v) is 1.97. The van der Waals surface area contributed by atoms with Gasteiger partial charge in [0.1, 0.15) is 5.82 Å². The van der Waals surface area contributed by atoms with Gasteiger partial charge in [0.2, 0.25) is 0 Å². The number of hydrogen-bond acceptors (Lipinski definition) is 2. The highest BCUT2D eigenvalue weighted by Gasteiger charge is 2.12. The Morgan fingerprint density at radius 2 is 2.24 bits per heavy atom. The zero-order valence-corrected chi connectivity index (χ0v) is 11.4. The SMILES string of the molecule is COCCCNC(=O)c1cc(F)c(C)cc1Br. The lowest BCUT2D eigenvalue weighted by atomic mass is 10.1. The number of amides is 1. The maximum Gasteiger partial charge on any atom is 0.252 e. The molecule has 0 saturated carbocycles. The van der Waals surface area contributed by atoms with Crippen LogP contribution in [0.2, 0.25) is 0 Å². The molecular formula is C12H15BrFNO2. The molecular weight excluding hydrogens is 289 g/mol. The van der Waals surface area contributed by atoms with Gasteiger partial charge in [-0.1, -0.05) is 0 Å². The summed E-state index contributed by atoms with van der Waals surface area (Å²) >= 11 is 3.25. The van der Waals surface area contributed by atoms with Gasteiger partial charge in [-0.25, -0.2) is 4.39 Å². The van der Waals surface area contributed by atoms with Gasteiger partial charge < -0.3 is 10.1 Å². The van der Waals surface area contributed by atoms with Crippen molar-refractivity contribution in [3.05, 3.63) is 33.5 Å². The van der Waals surface area contributed by atoms with Crippen LogP contribution in [0.15, 0.2) is 16.6 Å². The first-order chi connectivity index (χ1) is 8.06. The Balaban J connectivity index is 2.66. The molecule has 5 heteroatoms. The van der Waals surface area contributed by atoms with E-state index < -0.39 is 0 Å². The predicted molar refractivity (Wildman–Crippen MR) is 67.7 cm³/mol. The highest BCUT2D eigenvalue weighted by Crippen LogP contribution is 2.20. The van der Waals surface area contributed by atoms with Gasteiger partial charge in [0.15, 0.2) is 0 Å². The first-order valence-corrected chi connectivity index (χ1v) is 6.08. The van der Waals surface area contributed by atoms with Crippen molar-refractivity contribution in [2.24, 2.45) is 0 Å². The Bertz CT molecular complexity index is 410. The quantitative estimate of drug-likeness (QED) is 0.849. The average molecular weight is 304 g/mol. The number of ether oxygens (including phenoxy) is 1. The summed E-state index contributed by atoms with van der Waals surface area (Å²) in [6.45, 7) is 2.75. The smallest absolute Gasteiger partial charge is 0.252 e. The van der Waals surface area contributed by atoms with E-state index in [0.717, 1.165) is 6.42 Å². The molecule has 3 nitrogen and oxygen atoms in total. The van der Waals surface area contributed by atoms with Crippen LogP contribution in [0.1, 0.15) is 22.3 Å². The molecule has 0 aliphatic heterocycles. The van der Waals surface area contributed by atoms with Crippen LogP contribution in [0.4, 0.5) is 4.39 Å². The molecule has 0 fully saturated rings. The molecule has 0 atom stereocenters. The third kappa shape index (κ3) is 4.09. The molecule has 1 N–H and O–H groups in total. The van der Waals surface area contributed by atoms with Crippen molar-refractivity contribution in [3.8, 4) is 0 Å². The summed E-state index contributed by atoms with van der Waals surface area (Å²) < 4.78 is 18.8. The summed E-state index contributed by atoms with van der Waals surface area (Å²) in [6.07, 6.45) is 0.730. The number of benzene rings is 1. The summed E-state index contributed by atoms with van der Waals surface area (Å²) in [5.41, 5.74) is 0.818. The van der Waals surface area contributed by atoms with Gasteiger partial charge in [-0.05, 0) is 47.0 Å². The maximum absolute atomic E-state index is 13.3. The molecule has 1 amide bonds. The van der Waals surface area contributed by atoms with Gasteiger partial charge in [0.05, 0.1) is 5.56 Å². The molecule has 0 unspecified atom stereocenters. The van der Waals surface area contributed by atoms with Gasteiger partial charge in [-0.3, -0.25) is 4.79 Å². The van der Waals surface area contributed by atoms with Crippen molar-refractivity contribution in [3.63, 3.8) is 0 Å². The Kier molecular flexibility index (Phi) is 5.58. The van der Waals surface area contributed by atoms with Crippen LogP contribution >= 0.6 is 15.9 Å². The largest absolute Gasteiger partial charge is 0.385 e. The van der Waals surface area contributed by atoms with E-state index in [2.05, 4.69) is 21.2 Å². The Labute approximate surface area is 108 Å². The number of aryl methyl sites for hydroxylation is 1. The minimum atomic E-state index is -0.379. The van der Waals surface area contributed by atoms with Crippen molar-refractivity contribution in [2.45, 2.75) is 13.3 Å². The summed E-state index contributed by atoms with van der Waals surface area (Å²) in [6, 6.07) is 2.84. The molecule has 1 rings (SSSR count). The molecule has 17 heavy (non-hydrogen) atoms. The predicted octanol–water partition coefficient (Wildman–Crippen LogP) is 2.66. The van der Waals surface area contributed by atoms with Gasteiger partial charge in [-0.15, -0.1) is 0 Å². The Morgan fingerprint density at radius 3 is 2.88 bits per heavy atom. The van der Waals surface area contributed by atoms with Crippen molar-refractivity contribution in [2.75, 3.05) is 20.3 Å². The van der Waals surface area contributed by atoms with Crippen molar-refractivity contribution < 1.29 is 13.9 Å². The summed E-state index contributed by atoms with van der Waals surface area (Å²) in [4.78, 5) is 11.7. The van der Waals surface area contributed by atoms with E-state index in [9.17, 15) is 9.18 Å². The van der Waals surface area contributed by atoms with Crippen LogP contribution in [0.25, 0.3) is 0 Å². The van der Waals surface area contributed by atoms with Gasteiger partial charge in [-0.2, -0.15) is 0 Å². The minimum absolute atomic E-state index is 0.285. The number of nitrogens with one attached hydrogen (secondary N) is 1. The third-order valence-corrected chi connectivity index (χ3v) is 2.96. The lowest BCUT2D eigenvalue weighted by molar-refractivity contribution is 0.0947.